The van der Waals surface area contributed by atoms with Gasteiger partial charge in [0, 0.05) is 0 Å². The van der Waals surface area contributed by atoms with Crippen molar-refractivity contribution in [1.29, 1.82) is 0 Å². The maximum Gasteiger partial charge on any atom is 0.187 e. The van der Waals surface area contributed by atoms with E-state index in [-0.39, 0.29) is 35.8 Å². The maximum atomic E-state index is 13.3. The minimum absolute atomic E-state index is 0.168. The second-order valence-corrected chi connectivity index (χ2v) is 7.60. The van der Waals surface area contributed by atoms with Gasteiger partial charge in [0.2, 0.25) is 0 Å². The zero-order chi connectivity index (χ0) is 17.0. The van der Waals surface area contributed by atoms with Crippen molar-refractivity contribution in [1.82, 2.24) is 0 Å². The summed E-state index contributed by atoms with van der Waals surface area (Å²) in [5, 5.41) is -0.644. The van der Waals surface area contributed by atoms with E-state index in [0.29, 0.717) is 12.0 Å². The molecule has 23 heavy (non-hydrogen) atoms. The van der Waals surface area contributed by atoms with Crippen molar-refractivity contribution >= 4 is 37.4 Å². The molecule has 0 heterocycles. The third-order valence-corrected chi connectivity index (χ3v) is 5.26. The average Bonchev–Trinajstić information content (AvgIpc) is 2.53. The molecule has 0 radical (unpaired) electrons. The lowest BCUT2D eigenvalue weighted by Crippen LogP contribution is -2.32. The quantitative estimate of drug-likeness (QED) is 0.437. The Kier molecular flexibility index (Phi) is 5.97. The van der Waals surface area contributed by atoms with E-state index >= 15 is 0 Å². The molecule has 0 amide bonds. The normalized spacial score (nSPS) is 14.0. The number of rotatable bonds is 6. The number of ketones is 1. The lowest BCUT2D eigenvalue weighted by molar-refractivity contribution is 0.0925. The minimum Gasteiger partial charge on any atom is -0.292 e. The molecule has 1 atom stereocenters. The molecule has 0 bridgehead atoms. The van der Waals surface area contributed by atoms with Crippen LogP contribution in [0.15, 0.2) is 48.5 Å². The molecule has 1 unspecified atom stereocenters. The van der Waals surface area contributed by atoms with Gasteiger partial charge in [-0.25, -0.2) is 0 Å². The molecule has 2 nitrogen and oxygen atoms in total. The van der Waals surface area contributed by atoms with E-state index in [1.165, 1.54) is 0 Å². The first kappa shape index (κ1) is 18.1. The first-order valence-corrected chi connectivity index (χ1v) is 8.88. The van der Waals surface area contributed by atoms with Crippen LogP contribution in [0.2, 0.25) is 10.0 Å². The fourth-order valence-corrected chi connectivity index (χ4v) is 4.16. The molecule has 0 aliphatic heterocycles. The summed E-state index contributed by atoms with van der Waals surface area (Å²) in [4.78, 5) is 13.3. The van der Waals surface area contributed by atoms with Crippen molar-refractivity contribution < 1.29 is 9.36 Å². The summed E-state index contributed by atoms with van der Waals surface area (Å²) in [7, 11) is -0.263. The zero-order valence-corrected chi connectivity index (χ0v) is 15.3. The Hall–Kier alpha value is -1.21. The molecule has 0 aliphatic rings. The summed E-state index contributed by atoms with van der Waals surface area (Å²) in [5.74, 6) is -0.147. The van der Waals surface area contributed by atoms with Crippen LogP contribution in [0.25, 0.3) is 0 Å². The van der Waals surface area contributed by atoms with Gasteiger partial charge in [-0.2, -0.15) is 0 Å². The van der Waals surface area contributed by atoms with Crippen molar-refractivity contribution in [3.8, 4) is 0 Å². The average molecular weight is 367 g/mol. The van der Waals surface area contributed by atoms with Crippen LogP contribution in [-0.2, 0) is 9.72 Å². The highest BCUT2D eigenvalue weighted by Gasteiger charge is 2.43. The van der Waals surface area contributed by atoms with E-state index in [1.54, 1.807) is 18.2 Å². The monoisotopic (exact) mass is 366 g/mol. The zero-order valence-electron chi connectivity index (χ0n) is 12.9. The van der Waals surface area contributed by atoms with Gasteiger partial charge in [0.15, 0.2) is 14.2 Å². The van der Waals surface area contributed by atoms with Crippen LogP contribution < -0.4 is 0 Å². The molecule has 0 N–H and O–H groups in total. The largest absolute Gasteiger partial charge is 0.292 e. The number of hydrogen-bond acceptors (Lipinski definition) is 2. The Morgan fingerprint density at radius 2 is 1.61 bits per heavy atom. The van der Waals surface area contributed by atoms with Gasteiger partial charge in [-0.1, -0.05) is 73.4 Å². The highest BCUT2D eigenvalue weighted by molar-refractivity contribution is 7.27. The minimum atomic E-state index is -1.19. The maximum absolute atomic E-state index is 13.3. The van der Waals surface area contributed by atoms with Crippen LogP contribution >= 0.6 is 31.7 Å². The van der Waals surface area contributed by atoms with Crippen LogP contribution in [0.3, 0.4) is 0 Å². The van der Waals surface area contributed by atoms with Crippen LogP contribution in [0, 0.1) is 5.92 Å². The summed E-state index contributed by atoms with van der Waals surface area (Å²) >= 11 is 12.4. The number of carbonyl (C=O) groups is 1. The molecule has 2 aromatic rings. The number of Topliss-reactive ketones (excluding diaryl/α,β-unsaturated/α-hetero) is 1. The molecule has 0 aliphatic carbocycles. The Bertz CT molecular complexity index is 696. The van der Waals surface area contributed by atoms with Gasteiger partial charge in [-0.15, -0.1) is 0 Å². The highest BCUT2D eigenvalue weighted by atomic mass is 35.5. The van der Waals surface area contributed by atoms with Crippen molar-refractivity contribution in [2.45, 2.75) is 25.4 Å². The van der Waals surface area contributed by atoms with Crippen LogP contribution in [0.1, 0.15) is 36.2 Å². The fraction of sp³-hybridized carbons (Fsp3) is 0.278. The van der Waals surface area contributed by atoms with E-state index in [2.05, 4.69) is 0 Å². The molecular formula is C18H17Cl2O2P. The molecular weight excluding hydrogens is 350 g/mol. The van der Waals surface area contributed by atoms with Crippen LogP contribution in [0.5, 0.6) is 0 Å². The highest BCUT2D eigenvalue weighted by Crippen LogP contribution is 2.45. The first-order chi connectivity index (χ1) is 10.9. The predicted molar refractivity (Wildman–Crippen MR) is 96.0 cm³/mol. The smallest absolute Gasteiger partial charge is 0.187 e. The first-order valence-electron chi connectivity index (χ1n) is 7.31. The topological polar surface area (TPSA) is 34.1 Å². The summed E-state index contributed by atoms with van der Waals surface area (Å²) in [6, 6.07) is 14.1. The molecule has 0 fully saturated rings. The molecule has 2 aromatic carbocycles. The Morgan fingerprint density at radius 1 is 1.04 bits per heavy atom. The Morgan fingerprint density at radius 3 is 2.09 bits per heavy atom. The van der Waals surface area contributed by atoms with Gasteiger partial charge >= 0.3 is 0 Å². The molecule has 0 spiro atoms. The van der Waals surface area contributed by atoms with E-state index in [1.807, 2.05) is 44.2 Å². The van der Waals surface area contributed by atoms with Crippen molar-refractivity contribution in [2.75, 3.05) is 0 Å². The van der Waals surface area contributed by atoms with E-state index in [9.17, 15) is 9.36 Å². The van der Waals surface area contributed by atoms with Gasteiger partial charge in [0.25, 0.3) is 0 Å². The predicted octanol–water partition coefficient (Wildman–Crippen LogP) is 6.41. The lowest BCUT2D eigenvalue weighted by atomic mass is 9.83. The molecule has 2 rings (SSSR count). The standard InChI is InChI=1S/C18H17Cl2O2P/c1-12(2)11-18(23-22,13-7-4-3-5-8-13)17(21)16-14(19)9-6-10-15(16)20/h3-10,12H,11H2,1-2H3. The van der Waals surface area contributed by atoms with E-state index in [4.69, 9.17) is 23.2 Å². The summed E-state index contributed by atoms with van der Waals surface area (Å²) in [6.45, 7) is 3.98. The van der Waals surface area contributed by atoms with Gasteiger partial charge in [0.05, 0.1) is 15.6 Å². The molecule has 0 saturated carbocycles. The SMILES string of the molecule is CC(C)CC(P=O)(C(=O)c1c(Cl)cccc1Cl)c1ccccc1. The van der Waals surface area contributed by atoms with E-state index in [0.717, 1.165) is 0 Å². The van der Waals surface area contributed by atoms with Crippen molar-refractivity contribution in [2.24, 2.45) is 5.92 Å². The molecule has 5 heteroatoms. The van der Waals surface area contributed by atoms with Gasteiger partial charge in [-0.05, 0) is 30.0 Å². The number of benzene rings is 2. The van der Waals surface area contributed by atoms with Crippen molar-refractivity contribution in [3.05, 3.63) is 69.7 Å². The lowest BCUT2D eigenvalue weighted by Gasteiger charge is -2.28. The van der Waals surface area contributed by atoms with Gasteiger partial charge < -0.3 is 0 Å². The van der Waals surface area contributed by atoms with Gasteiger partial charge in [-0.3, -0.25) is 9.36 Å². The molecule has 0 saturated heterocycles. The number of carbonyl (C=O) groups excluding carboxylic acids is 1. The third kappa shape index (κ3) is 3.66. The molecule has 120 valence electrons. The Labute approximate surface area is 148 Å². The summed E-state index contributed by atoms with van der Waals surface area (Å²) in [6.07, 6.45) is 0.433. The van der Waals surface area contributed by atoms with Crippen molar-refractivity contribution in [3.63, 3.8) is 0 Å². The summed E-state index contributed by atoms with van der Waals surface area (Å²) in [5.41, 5.74) is 0.926. The van der Waals surface area contributed by atoms with Crippen LogP contribution in [-0.4, -0.2) is 5.78 Å². The third-order valence-electron chi connectivity index (χ3n) is 3.68. The second kappa shape index (κ2) is 7.57. The summed E-state index contributed by atoms with van der Waals surface area (Å²) < 4.78 is 12.2. The number of hydrogen-bond donors (Lipinski definition) is 0. The van der Waals surface area contributed by atoms with Gasteiger partial charge in [0.1, 0.15) is 5.16 Å². The van der Waals surface area contributed by atoms with E-state index < -0.39 is 5.16 Å². The Balaban J connectivity index is 2.67. The number of halogens is 2. The fourth-order valence-electron chi connectivity index (χ4n) is 2.70. The second-order valence-electron chi connectivity index (χ2n) is 5.84. The molecule has 0 aromatic heterocycles. The van der Waals surface area contributed by atoms with Crippen LogP contribution in [0.4, 0.5) is 0 Å².